The fourth-order valence-electron chi connectivity index (χ4n) is 4.80. The Morgan fingerprint density at radius 1 is 1.00 bits per heavy atom. The van der Waals surface area contributed by atoms with Gasteiger partial charge in [0.1, 0.15) is 18.0 Å². The van der Waals surface area contributed by atoms with Gasteiger partial charge in [-0.2, -0.15) is 0 Å². The monoisotopic (exact) mass is 511 g/mol. The maximum Gasteiger partial charge on any atom is 0.165 e. The number of aryl methyl sites for hydroxylation is 2. The van der Waals surface area contributed by atoms with Gasteiger partial charge >= 0.3 is 0 Å². The molecule has 200 valence electrons. The molecule has 3 aromatic rings. The van der Waals surface area contributed by atoms with Gasteiger partial charge in [0.15, 0.2) is 23.1 Å². The maximum absolute atomic E-state index is 14.0. The normalized spacial score (nSPS) is 18.4. The van der Waals surface area contributed by atoms with Crippen LogP contribution in [0.25, 0.3) is 0 Å². The third-order valence-corrected chi connectivity index (χ3v) is 7.11. The zero-order valence-corrected chi connectivity index (χ0v) is 22.1. The number of methoxy groups -OCH3 is 2. The lowest BCUT2D eigenvalue weighted by Crippen LogP contribution is -2.39. The molecule has 1 aromatic heterocycles. The summed E-state index contributed by atoms with van der Waals surface area (Å²) in [5.41, 5.74) is 0.743. The number of imidazole rings is 1. The standard InChI is InChI=1S/C29H38FN3O4/c1-23-31-14-18-33(23)16-7-19-36-27-11-10-24(20-28(27)34-2)21-32-15-6-12-29(35-3,13-17-32)22-37-26-9-5-4-8-25(26)30/h4-5,8-11,14,18,20H,6-7,12-13,15-17,19,21-22H2,1-3H3. The number of likely N-dealkylation sites (tertiary alicyclic amines) is 1. The lowest BCUT2D eigenvalue weighted by atomic mass is 9.95. The van der Waals surface area contributed by atoms with Crippen molar-refractivity contribution in [1.82, 2.24) is 14.5 Å². The Hall–Kier alpha value is -3.10. The number of aromatic nitrogens is 2. The van der Waals surface area contributed by atoms with Crippen LogP contribution in [-0.2, 0) is 17.8 Å². The Morgan fingerprint density at radius 3 is 2.62 bits per heavy atom. The SMILES string of the molecule is COc1cc(CN2CCCC(COc3ccccc3F)(OC)CC2)ccc1OCCCn1ccnc1C. The molecular formula is C29H38FN3O4. The summed E-state index contributed by atoms with van der Waals surface area (Å²) < 4.78 is 39.5. The molecule has 1 aliphatic rings. The largest absolute Gasteiger partial charge is 0.493 e. The second-order valence-corrected chi connectivity index (χ2v) is 9.59. The molecular weight excluding hydrogens is 473 g/mol. The van der Waals surface area contributed by atoms with E-state index in [2.05, 4.69) is 26.6 Å². The van der Waals surface area contributed by atoms with E-state index in [4.69, 9.17) is 18.9 Å². The molecule has 37 heavy (non-hydrogen) atoms. The number of hydrogen-bond acceptors (Lipinski definition) is 6. The van der Waals surface area contributed by atoms with Gasteiger partial charge in [0, 0.05) is 39.1 Å². The molecule has 0 amide bonds. The molecule has 2 aromatic carbocycles. The van der Waals surface area contributed by atoms with Crippen LogP contribution in [0.15, 0.2) is 54.9 Å². The molecule has 1 aliphatic heterocycles. The van der Waals surface area contributed by atoms with Crippen molar-refractivity contribution in [3.8, 4) is 17.2 Å². The Kier molecular flexibility index (Phi) is 9.41. The van der Waals surface area contributed by atoms with Crippen molar-refractivity contribution >= 4 is 0 Å². The van der Waals surface area contributed by atoms with E-state index in [1.807, 2.05) is 25.4 Å². The highest BCUT2D eigenvalue weighted by Gasteiger charge is 2.34. The Balaban J connectivity index is 1.29. The number of halogens is 1. The van der Waals surface area contributed by atoms with E-state index in [-0.39, 0.29) is 11.6 Å². The highest BCUT2D eigenvalue weighted by atomic mass is 19.1. The lowest BCUT2D eigenvalue weighted by molar-refractivity contribution is -0.0548. The first kappa shape index (κ1) is 26.9. The quantitative estimate of drug-likeness (QED) is 0.309. The van der Waals surface area contributed by atoms with Crippen molar-refractivity contribution < 1.29 is 23.3 Å². The number of benzene rings is 2. The van der Waals surface area contributed by atoms with Crippen LogP contribution >= 0.6 is 0 Å². The van der Waals surface area contributed by atoms with Crippen LogP contribution in [-0.4, -0.2) is 60.6 Å². The predicted octanol–water partition coefficient (Wildman–Crippen LogP) is 5.26. The molecule has 1 unspecified atom stereocenters. The van der Waals surface area contributed by atoms with Crippen LogP contribution in [0.4, 0.5) is 4.39 Å². The van der Waals surface area contributed by atoms with E-state index in [9.17, 15) is 4.39 Å². The summed E-state index contributed by atoms with van der Waals surface area (Å²) >= 11 is 0. The van der Waals surface area contributed by atoms with Gasteiger partial charge in [-0.1, -0.05) is 18.2 Å². The van der Waals surface area contributed by atoms with Crippen LogP contribution in [0.3, 0.4) is 0 Å². The summed E-state index contributed by atoms with van der Waals surface area (Å²) in [6, 6.07) is 12.7. The van der Waals surface area contributed by atoms with Crippen LogP contribution in [0.2, 0.25) is 0 Å². The van der Waals surface area contributed by atoms with E-state index in [1.165, 1.54) is 11.6 Å². The van der Waals surface area contributed by atoms with E-state index in [1.54, 1.807) is 32.4 Å². The first-order valence-corrected chi connectivity index (χ1v) is 12.9. The molecule has 1 atom stereocenters. The molecule has 0 radical (unpaired) electrons. The Morgan fingerprint density at radius 2 is 1.86 bits per heavy atom. The maximum atomic E-state index is 14.0. The number of nitrogens with zero attached hydrogens (tertiary/aromatic N) is 3. The van der Waals surface area contributed by atoms with Gasteiger partial charge in [-0.25, -0.2) is 9.37 Å². The molecule has 0 saturated carbocycles. The van der Waals surface area contributed by atoms with Crippen molar-refractivity contribution in [2.45, 2.75) is 51.3 Å². The zero-order valence-electron chi connectivity index (χ0n) is 22.1. The van der Waals surface area contributed by atoms with Gasteiger partial charge in [0.25, 0.3) is 0 Å². The van der Waals surface area contributed by atoms with E-state index in [0.717, 1.165) is 69.2 Å². The molecule has 1 saturated heterocycles. The molecule has 4 rings (SSSR count). The van der Waals surface area contributed by atoms with Crippen molar-refractivity contribution in [3.63, 3.8) is 0 Å². The van der Waals surface area contributed by atoms with Crippen LogP contribution in [0, 0.1) is 12.7 Å². The molecule has 0 N–H and O–H groups in total. The summed E-state index contributed by atoms with van der Waals surface area (Å²) in [5.74, 6) is 2.43. The van der Waals surface area contributed by atoms with Gasteiger partial charge in [0.2, 0.25) is 0 Å². The molecule has 7 nitrogen and oxygen atoms in total. The second kappa shape index (κ2) is 12.9. The minimum atomic E-state index is -0.429. The van der Waals surface area contributed by atoms with Crippen molar-refractivity contribution in [2.24, 2.45) is 0 Å². The summed E-state index contributed by atoms with van der Waals surface area (Å²) in [5, 5.41) is 0. The zero-order chi connectivity index (χ0) is 26.1. The molecule has 1 fully saturated rings. The summed E-state index contributed by atoms with van der Waals surface area (Å²) in [4.78, 5) is 6.68. The summed E-state index contributed by atoms with van der Waals surface area (Å²) in [7, 11) is 3.40. The molecule has 2 heterocycles. The van der Waals surface area contributed by atoms with Crippen molar-refractivity contribution in [3.05, 3.63) is 72.1 Å². The van der Waals surface area contributed by atoms with Crippen LogP contribution < -0.4 is 14.2 Å². The average Bonchev–Trinajstić information content (AvgIpc) is 3.21. The topological polar surface area (TPSA) is 58.0 Å². The van der Waals surface area contributed by atoms with E-state index >= 15 is 0 Å². The molecule has 0 spiro atoms. The third-order valence-electron chi connectivity index (χ3n) is 7.11. The highest BCUT2D eigenvalue weighted by Crippen LogP contribution is 2.31. The lowest BCUT2D eigenvalue weighted by Gasteiger charge is -2.31. The first-order valence-electron chi connectivity index (χ1n) is 12.9. The Labute approximate surface area is 219 Å². The van der Waals surface area contributed by atoms with Gasteiger partial charge in [-0.3, -0.25) is 4.90 Å². The van der Waals surface area contributed by atoms with Crippen molar-refractivity contribution in [2.75, 3.05) is 40.5 Å². The van der Waals surface area contributed by atoms with Gasteiger partial charge in [-0.15, -0.1) is 0 Å². The predicted molar refractivity (Wildman–Crippen MR) is 141 cm³/mol. The summed E-state index contributed by atoms with van der Waals surface area (Å²) in [6.07, 6.45) is 7.34. The number of hydrogen-bond donors (Lipinski definition) is 0. The third kappa shape index (κ3) is 7.23. The summed E-state index contributed by atoms with van der Waals surface area (Å²) in [6.45, 7) is 6.44. The van der Waals surface area contributed by atoms with Crippen LogP contribution in [0.5, 0.6) is 17.2 Å². The van der Waals surface area contributed by atoms with Crippen LogP contribution in [0.1, 0.15) is 37.1 Å². The fraction of sp³-hybridized carbons (Fsp3) is 0.483. The first-order chi connectivity index (χ1) is 18.0. The molecule has 0 bridgehead atoms. The Bertz CT molecular complexity index is 1140. The van der Waals surface area contributed by atoms with Gasteiger partial charge < -0.3 is 23.5 Å². The number of para-hydroxylation sites is 1. The number of rotatable bonds is 12. The van der Waals surface area contributed by atoms with Crippen molar-refractivity contribution in [1.29, 1.82) is 0 Å². The fourth-order valence-corrected chi connectivity index (χ4v) is 4.80. The van der Waals surface area contributed by atoms with E-state index in [0.29, 0.717) is 13.2 Å². The van der Waals surface area contributed by atoms with Gasteiger partial charge in [-0.05, 0) is 69.0 Å². The highest BCUT2D eigenvalue weighted by molar-refractivity contribution is 5.43. The smallest absolute Gasteiger partial charge is 0.165 e. The molecule has 0 aliphatic carbocycles. The average molecular weight is 512 g/mol. The minimum absolute atomic E-state index is 0.270. The molecule has 8 heteroatoms. The van der Waals surface area contributed by atoms with E-state index < -0.39 is 5.60 Å². The second-order valence-electron chi connectivity index (χ2n) is 9.59. The van der Waals surface area contributed by atoms with Gasteiger partial charge in [0.05, 0.1) is 13.7 Å². The minimum Gasteiger partial charge on any atom is -0.493 e. The number of ether oxygens (including phenoxy) is 4.